The Bertz CT molecular complexity index is 695. The molecule has 1 aromatic heterocycles. The third-order valence-electron chi connectivity index (χ3n) is 3.53. The Hall–Kier alpha value is -2.57. The van der Waals surface area contributed by atoms with Crippen LogP contribution in [-0.2, 0) is 6.18 Å². The normalized spacial score (nSPS) is 11.4. The Kier molecular flexibility index (Phi) is 6.01. The van der Waals surface area contributed by atoms with Gasteiger partial charge in [0.05, 0.1) is 17.4 Å². The first-order valence-electron chi connectivity index (χ1n) is 7.94. The van der Waals surface area contributed by atoms with E-state index >= 15 is 0 Å². The van der Waals surface area contributed by atoms with Crippen molar-refractivity contribution in [1.82, 2.24) is 4.98 Å². The molecule has 25 heavy (non-hydrogen) atoms. The first-order chi connectivity index (χ1) is 11.8. The van der Waals surface area contributed by atoms with Gasteiger partial charge >= 0.3 is 6.18 Å². The number of aromatic nitrogens is 1. The topological polar surface area (TPSA) is 54.0 Å². The lowest BCUT2D eigenvalue weighted by atomic mass is 10.1. The van der Waals surface area contributed by atoms with Gasteiger partial charge in [-0.3, -0.25) is 4.79 Å². The van der Waals surface area contributed by atoms with Crippen LogP contribution in [0, 0.1) is 5.92 Å². The number of carbonyl (C=O) groups excluding carboxylic acids is 1. The molecule has 1 amide bonds. The number of nitrogens with one attached hydrogen (secondary N) is 2. The van der Waals surface area contributed by atoms with Crippen LogP contribution in [0.4, 0.5) is 24.7 Å². The van der Waals surface area contributed by atoms with Gasteiger partial charge in [-0.05, 0) is 48.7 Å². The van der Waals surface area contributed by atoms with Crippen molar-refractivity contribution in [1.29, 1.82) is 0 Å². The summed E-state index contributed by atoms with van der Waals surface area (Å²) in [6.45, 7) is 5.11. The highest BCUT2D eigenvalue weighted by Crippen LogP contribution is 2.29. The summed E-state index contributed by atoms with van der Waals surface area (Å²) in [6, 6.07) is 7.46. The molecule has 4 nitrogen and oxygen atoms in total. The molecule has 0 aliphatic heterocycles. The third kappa shape index (κ3) is 5.77. The first-order valence-corrected chi connectivity index (χ1v) is 7.94. The number of hydrogen-bond donors (Lipinski definition) is 2. The zero-order chi connectivity index (χ0) is 18.4. The van der Waals surface area contributed by atoms with E-state index in [-0.39, 0.29) is 5.56 Å². The maximum Gasteiger partial charge on any atom is 0.416 e. The predicted molar refractivity (Wildman–Crippen MR) is 91.6 cm³/mol. The van der Waals surface area contributed by atoms with Gasteiger partial charge in [0.25, 0.3) is 5.91 Å². The second kappa shape index (κ2) is 8.00. The Morgan fingerprint density at radius 3 is 2.32 bits per heavy atom. The van der Waals surface area contributed by atoms with Crippen molar-refractivity contribution >= 4 is 17.4 Å². The SMILES string of the molecule is CC(C)CCNc1ccc(NC(=O)c2ccc(C(F)(F)F)cc2)nc1. The maximum absolute atomic E-state index is 12.5. The predicted octanol–water partition coefficient (Wildman–Crippen LogP) is 4.81. The molecule has 2 aromatic rings. The summed E-state index contributed by atoms with van der Waals surface area (Å²) in [5, 5.41) is 5.79. The van der Waals surface area contributed by atoms with E-state index in [1.165, 1.54) is 0 Å². The number of carbonyl (C=O) groups is 1. The fourth-order valence-corrected chi connectivity index (χ4v) is 2.08. The van der Waals surface area contributed by atoms with E-state index in [1.54, 1.807) is 18.3 Å². The van der Waals surface area contributed by atoms with Gasteiger partial charge in [0, 0.05) is 12.1 Å². The molecule has 0 bridgehead atoms. The average molecular weight is 351 g/mol. The Morgan fingerprint density at radius 1 is 1.12 bits per heavy atom. The molecular formula is C18H20F3N3O. The fraction of sp³-hybridized carbons (Fsp3) is 0.333. The minimum Gasteiger partial charge on any atom is -0.384 e. The number of hydrogen-bond acceptors (Lipinski definition) is 3. The molecule has 0 saturated carbocycles. The average Bonchev–Trinajstić information content (AvgIpc) is 2.55. The standard InChI is InChI=1S/C18H20F3N3O/c1-12(2)9-10-22-15-7-8-16(23-11-15)24-17(25)13-3-5-14(6-4-13)18(19,20)21/h3-8,11-12,22H,9-10H2,1-2H3,(H,23,24,25). The van der Waals surface area contributed by atoms with Gasteiger partial charge in [0.1, 0.15) is 5.82 Å². The monoisotopic (exact) mass is 351 g/mol. The number of pyridine rings is 1. The Morgan fingerprint density at radius 2 is 1.80 bits per heavy atom. The van der Waals surface area contributed by atoms with Gasteiger partial charge in [0.2, 0.25) is 0 Å². The van der Waals surface area contributed by atoms with E-state index in [1.807, 2.05) is 0 Å². The van der Waals surface area contributed by atoms with E-state index in [9.17, 15) is 18.0 Å². The van der Waals surface area contributed by atoms with Crippen molar-refractivity contribution in [3.8, 4) is 0 Å². The van der Waals surface area contributed by atoms with E-state index < -0.39 is 17.6 Å². The highest BCUT2D eigenvalue weighted by atomic mass is 19.4. The summed E-state index contributed by atoms with van der Waals surface area (Å²) in [5.41, 5.74) is 0.182. The summed E-state index contributed by atoms with van der Waals surface area (Å²) in [7, 11) is 0. The van der Waals surface area contributed by atoms with Crippen molar-refractivity contribution in [2.24, 2.45) is 5.92 Å². The van der Waals surface area contributed by atoms with Crippen molar-refractivity contribution in [2.75, 3.05) is 17.2 Å². The molecule has 1 aromatic carbocycles. The van der Waals surface area contributed by atoms with Crippen LogP contribution in [0.2, 0.25) is 0 Å². The number of anilines is 2. The Balaban J connectivity index is 1.94. The van der Waals surface area contributed by atoms with E-state index in [0.29, 0.717) is 11.7 Å². The van der Waals surface area contributed by atoms with Crippen LogP contribution < -0.4 is 10.6 Å². The zero-order valence-corrected chi connectivity index (χ0v) is 14.0. The van der Waals surface area contributed by atoms with Crippen molar-refractivity contribution in [2.45, 2.75) is 26.4 Å². The minimum atomic E-state index is -4.42. The summed E-state index contributed by atoms with van der Waals surface area (Å²) in [4.78, 5) is 16.2. The Labute approximate surface area is 144 Å². The smallest absolute Gasteiger partial charge is 0.384 e. The molecule has 0 radical (unpaired) electrons. The molecule has 134 valence electrons. The van der Waals surface area contributed by atoms with Crippen LogP contribution in [0.15, 0.2) is 42.6 Å². The molecule has 0 spiro atoms. The highest BCUT2D eigenvalue weighted by molar-refractivity contribution is 6.03. The van der Waals surface area contributed by atoms with Crippen LogP contribution in [0.5, 0.6) is 0 Å². The third-order valence-corrected chi connectivity index (χ3v) is 3.53. The van der Waals surface area contributed by atoms with Crippen LogP contribution in [0.3, 0.4) is 0 Å². The largest absolute Gasteiger partial charge is 0.416 e. The second-order valence-electron chi connectivity index (χ2n) is 6.07. The van der Waals surface area contributed by atoms with Crippen LogP contribution in [-0.4, -0.2) is 17.4 Å². The highest BCUT2D eigenvalue weighted by Gasteiger charge is 2.30. The van der Waals surface area contributed by atoms with Gasteiger partial charge in [0.15, 0.2) is 0 Å². The molecule has 0 aliphatic carbocycles. The zero-order valence-electron chi connectivity index (χ0n) is 14.0. The molecule has 1 heterocycles. The van der Waals surface area contributed by atoms with Crippen LogP contribution in [0.25, 0.3) is 0 Å². The molecule has 0 atom stereocenters. The maximum atomic E-state index is 12.5. The molecule has 2 rings (SSSR count). The van der Waals surface area contributed by atoms with Gasteiger partial charge in [-0.15, -0.1) is 0 Å². The lowest BCUT2D eigenvalue weighted by Crippen LogP contribution is -2.14. The van der Waals surface area contributed by atoms with Crippen LogP contribution in [0.1, 0.15) is 36.2 Å². The number of nitrogens with zero attached hydrogens (tertiary/aromatic N) is 1. The van der Waals surface area contributed by atoms with Gasteiger partial charge in [-0.2, -0.15) is 13.2 Å². The first kappa shape index (κ1) is 18.8. The molecule has 0 aliphatic rings. The lowest BCUT2D eigenvalue weighted by molar-refractivity contribution is -0.137. The summed E-state index contributed by atoms with van der Waals surface area (Å²) in [5.74, 6) is 0.420. The number of halogens is 3. The molecule has 0 unspecified atom stereocenters. The van der Waals surface area contributed by atoms with Gasteiger partial charge in [-0.25, -0.2) is 4.98 Å². The van der Waals surface area contributed by atoms with Crippen LogP contribution >= 0.6 is 0 Å². The summed E-state index contributed by atoms with van der Waals surface area (Å²) in [6.07, 6.45) is -1.79. The van der Waals surface area contributed by atoms with Gasteiger partial charge < -0.3 is 10.6 Å². The molecular weight excluding hydrogens is 331 g/mol. The van der Waals surface area contributed by atoms with E-state index in [4.69, 9.17) is 0 Å². The molecule has 0 saturated heterocycles. The molecule has 7 heteroatoms. The van der Waals surface area contributed by atoms with Gasteiger partial charge in [-0.1, -0.05) is 13.8 Å². The number of amides is 1. The summed E-state index contributed by atoms with van der Waals surface area (Å²) >= 11 is 0. The molecule has 2 N–H and O–H groups in total. The van der Waals surface area contributed by atoms with E-state index in [2.05, 4.69) is 29.5 Å². The lowest BCUT2D eigenvalue weighted by Gasteiger charge is -2.10. The molecule has 0 fully saturated rings. The quantitative estimate of drug-likeness (QED) is 0.785. The van der Waals surface area contributed by atoms with E-state index in [0.717, 1.165) is 42.9 Å². The number of benzene rings is 1. The minimum absolute atomic E-state index is 0.133. The second-order valence-corrected chi connectivity index (χ2v) is 6.07. The fourth-order valence-electron chi connectivity index (χ4n) is 2.08. The van der Waals surface area contributed by atoms with Crippen molar-refractivity contribution < 1.29 is 18.0 Å². The number of alkyl halides is 3. The number of rotatable bonds is 6. The summed E-state index contributed by atoms with van der Waals surface area (Å²) < 4.78 is 37.6. The van der Waals surface area contributed by atoms with Crippen molar-refractivity contribution in [3.63, 3.8) is 0 Å². The van der Waals surface area contributed by atoms with Crippen molar-refractivity contribution in [3.05, 3.63) is 53.7 Å².